The summed E-state index contributed by atoms with van der Waals surface area (Å²) < 4.78 is 0. The van der Waals surface area contributed by atoms with Gasteiger partial charge in [-0.05, 0) is 43.7 Å². The molecule has 0 spiro atoms. The molecule has 17 heavy (non-hydrogen) atoms. The number of carbonyl (C=O) groups excluding carboxylic acids is 1. The van der Waals surface area contributed by atoms with Crippen LogP contribution in [-0.4, -0.2) is 23.4 Å². The highest BCUT2D eigenvalue weighted by molar-refractivity contribution is 7.10. The minimum atomic E-state index is 0.337. The Kier molecular flexibility index (Phi) is 3.87. The summed E-state index contributed by atoms with van der Waals surface area (Å²) in [7, 11) is 0. The summed E-state index contributed by atoms with van der Waals surface area (Å²) in [5.74, 6) is 0.893. The summed E-state index contributed by atoms with van der Waals surface area (Å²) in [6.45, 7) is 7.35. The van der Waals surface area contributed by atoms with E-state index in [0.717, 1.165) is 19.4 Å². The molecule has 1 fully saturated rings. The van der Waals surface area contributed by atoms with Gasteiger partial charge in [-0.1, -0.05) is 6.92 Å². The molecule has 0 aliphatic carbocycles. The van der Waals surface area contributed by atoms with E-state index in [4.69, 9.17) is 0 Å². The van der Waals surface area contributed by atoms with Crippen LogP contribution in [0.2, 0.25) is 0 Å². The second-order valence-corrected chi connectivity index (χ2v) is 6.01. The first-order valence-corrected chi connectivity index (χ1v) is 7.34. The van der Waals surface area contributed by atoms with Gasteiger partial charge in [0.2, 0.25) is 5.91 Å². The largest absolute Gasteiger partial charge is 0.339 e. The van der Waals surface area contributed by atoms with E-state index in [1.807, 2.05) is 11.3 Å². The van der Waals surface area contributed by atoms with Crippen LogP contribution in [0, 0.1) is 6.92 Å². The van der Waals surface area contributed by atoms with Gasteiger partial charge in [0.15, 0.2) is 0 Å². The molecule has 1 saturated heterocycles. The van der Waals surface area contributed by atoms with Gasteiger partial charge >= 0.3 is 0 Å². The molecule has 0 aromatic carbocycles. The quantitative estimate of drug-likeness (QED) is 0.804. The third kappa shape index (κ3) is 2.71. The van der Waals surface area contributed by atoms with Crippen LogP contribution >= 0.6 is 11.3 Å². The van der Waals surface area contributed by atoms with Crippen LogP contribution in [0.4, 0.5) is 0 Å². The average Bonchev–Trinajstić information content (AvgIpc) is 2.75. The number of hydrogen-bond donors (Lipinski definition) is 0. The van der Waals surface area contributed by atoms with Crippen molar-refractivity contribution in [1.29, 1.82) is 0 Å². The highest BCUT2D eigenvalue weighted by atomic mass is 32.1. The van der Waals surface area contributed by atoms with Crippen LogP contribution in [-0.2, 0) is 4.79 Å². The maximum absolute atomic E-state index is 11.9. The lowest BCUT2D eigenvalue weighted by Gasteiger charge is -2.36. The molecule has 1 aromatic heterocycles. The molecule has 0 bridgehead atoms. The first-order chi connectivity index (χ1) is 8.11. The smallest absolute Gasteiger partial charge is 0.222 e. The molecule has 1 aliphatic heterocycles. The molecule has 0 radical (unpaired) electrons. The van der Waals surface area contributed by atoms with Gasteiger partial charge in [-0.25, -0.2) is 0 Å². The first-order valence-electron chi connectivity index (χ1n) is 6.46. The van der Waals surface area contributed by atoms with Crippen LogP contribution in [0.15, 0.2) is 11.4 Å². The Morgan fingerprint density at radius 1 is 1.59 bits per heavy atom. The molecule has 2 nitrogen and oxygen atoms in total. The van der Waals surface area contributed by atoms with Gasteiger partial charge in [-0.2, -0.15) is 0 Å². The number of aryl methyl sites for hydroxylation is 1. The Hall–Kier alpha value is -0.830. The molecule has 1 amide bonds. The Balaban J connectivity index is 2.10. The fourth-order valence-corrected chi connectivity index (χ4v) is 3.45. The molecule has 2 atom stereocenters. The summed E-state index contributed by atoms with van der Waals surface area (Å²) in [6, 6.07) is 2.66. The van der Waals surface area contributed by atoms with E-state index in [2.05, 4.69) is 37.1 Å². The monoisotopic (exact) mass is 251 g/mol. The zero-order valence-electron chi connectivity index (χ0n) is 10.9. The van der Waals surface area contributed by atoms with Crippen molar-refractivity contribution in [2.45, 2.75) is 52.0 Å². The van der Waals surface area contributed by atoms with Crippen molar-refractivity contribution in [3.63, 3.8) is 0 Å². The fourth-order valence-electron chi connectivity index (χ4n) is 2.42. The van der Waals surface area contributed by atoms with Crippen molar-refractivity contribution in [2.24, 2.45) is 0 Å². The van der Waals surface area contributed by atoms with Crippen molar-refractivity contribution in [1.82, 2.24) is 4.90 Å². The number of carbonyl (C=O) groups is 1. The Bertz CT molecular complexity index is 399. The van der Waals surface area contributed by atoms with Gasteiger partial charge in [0.25, 0.3) is 0 Å². The van der Waals surface area contributed by atoms with Crippen molar-refractivity contribution in [3.8, 4) is 0 Å². The maximum Gasteiger partial charge on any atom is 0.222 e. The molecule has 94 valence electrons. The number of rotatable bonds is 3. The average molecular weight is 251 g/mol. The number of piperidine rings is 1. The van der Waals surface area contributed by atoms with Crippen LogP contribution < -0.4 is 0 Å². The summed E-state index contributed by atoms with van der Waals surface area (Å²) in [4.78, 5) is 15.4. The van der Waals surface area contributed by atoms with Crippen molar-refractivity contribution in [2.75, 3.05) is 6.54 Å². The van der Waals surface area contributed by atoms with Gasteiger partial charge < -0.3 is 4.90 Å². The summed E-state index contributed by atoms with van der Waals surface area (Å²) in [6.07, 6.45) is 2.78. The maximum atomic E-state index is 11.9. The van der Waals surface area contributed by atoms with Gasteiger partial charge in [0.05, 0.1) is 0 Å². The molecule has 2 rings (SSSR count). The van der Waals surface area contributed by atoms with E-state index >= 15 is 0 Å². The van der Waals surface area contributed by atoms with Crippen molar-refractivity contribution >= 4 is 17.2 Å². The second kappa shape index (κ2) is 5.21. The lowest BCUT2D eigenvalue weighted by atomic mass is 9.94. The van der Waals surface area contributed by atoms with Gasteiger partial charge in [-0.3, -0.25) is 4.79 Å². The van der Waals surface area contributed by atoms with Gasteiger partial charge in [-0.15, -0.1) is 11.3 Å². The summed E-state index contributed by atoms with van der Waals surface area (Å²) in [5, 5.41) is 2.21. The topological polar surface area (TPSA) is 20.3 Å². The van der Waals surface area contributed by atoms with Crippen LogP contribution in [0.3, 0.4) is 0 Å². The first kappa shape index (κ1) is 12.6. The highest BCUT2D eigenvalue weighted by Gasteiger charge is 2.29. The van der Waals surface area contributed by atoms with E-state index in [-0.39, 0.29) is 0 Å². The van der Waals surface area contributed by atoms with Gasteiger partial charge in [0.1, 0.15) is 0 Å². The van der Waals surface area contributed by atoms with E-state index in [1.54, 1.807) is 0 Å². The minimum Gasteiger partial charge on any atom is -0.339 e. The summed E-state index contributed by atoms with van der Waals surface area (Å²) >= 11 is 1.84. The fraction of sp³-hybridized carbons (Fsp3) is 0.643. The molecular weight excluding hydrogens is 230 g/mol. The second-order valence-electron chi connectivity index (χ2n) is 5.07. The minimum absolute atomic E-state index is 0.337. The van der Waals surface area contributed by atoms with E-state index in [0.29, 0.717) is 24.3 Å². The Morgan fingerprint density at radius 2 is 2.35 bits per heavy atom. The number of amides is 1. The highest BCUT2D eigenvalue weighted by Crippen LogP contribution is 2.32. The zero-order valence-corrected chi connectivity index (χ0v) is 11.7. The third-order valence-corrected chi connectivity index (χ3v) is 4.93. The third-order valence-electron chi connectivity index (χ3n) is 3.72. The molecule has 3 heteroatoms. The number of hydrogen-bond acceptors (Lipinski definition) is 2. The van der Waals surface area contributed by atoms with E-state index < -0.39 is 0 Å². The molecule has 1 aliphatic rings. The lowest BCUT2D eigenvalue weighted by Crippen LogP contribution is -2.44. The molecule has 0 saturated carbocycles. The van der Waals surface area contributed by atoms with Gasteiger partial charge in [0, 0.05) is 29.8 Å². The predicted octanol–water partition coefficient (Wildman–Crippen LogP) is 3.56. The van der Waals surface area contributed by atoms with Crippen LogP contribution in [0.1, 0.15) is 49.5 Å². The van der Waals surface area contributed by atoms with Crippen LogP contribution in [0.25, 0.3) is 0 Å². The van der Waals surface area contributed by atoms with E-state index in [9.17, 15) is 4.79 Å². The number of nitrogens with zero attached hydrogens (tertiary/aromatic N) is 1. The lowest BCUT2D eigenvalue weighted by molar-refractivity contribution is -0.136. The molecule has 2 unspecified atom stereocenters. The number of likely N-dealkylation sites (tertiary alicyclic amines) is 1. The number of thiophene rings is 1. The molecule has 0 N–H and O–H groups in total. The zero-order chi connectivity index (χ0) is 12.4. The SMILES string of the molecule is CCC(C)N1CC(c2cc(C)cs2)CCC1=O. The predicted molar refractivity (Wildman–Crippen MR) is 72.5 cm³/mol. The Labute approximate surface area is 108 Å². The molecule has 1 aromatic rings. The van der Waals surface area contributed by atoms with E-state index in [1.165, 1.54) is 10.4 Å². The Morgan fingerprint density at radius 3 is 2.94 bits per heavy atom. The molecule has 2 heterocycles. The van der Waals surface area contributed by atoms with Crippen molar-refractivity contribution in [3.05, 3.63) is 21.9 Å². The van der Waals surface area contributed by atoms with Crippen molar-refractivity contribution < 1.29 is 4.79 Å². The summed E-state index contributed by atoms with van der Waals surface area (Å²) in [5.41, 5.74) is 1.34. The molecular formula is C14H21NOS. The van der Waals surface area contributed by atoms with Crippen LogP contribution in [0.5, 0.6) is 0 Å². The standard InChI is InChI=1S/C14H21NOS/c1-4-11(3)15-8-12(5-6-14(15)16)13-7-10(2)9-17-13/h7,9,11-12H,4-6,8H2,1-3H3. The normalized spacial score (nSPS) is 22.9.